The number of nitrogens with zero attached hydrogens (tertiary/aromatic N) is 1. The Bertz CT molecular complexity index is 254. The number of ether oxygens (including phenoxy) is 1. The number of carbonyl (C=O) groups is 2. The number of hydrogen-bond acceptors (Lipinski definition) is 4. The van der Waals surface area contributed by atoms with Gasteiger partial charge in [-0.3, -0.25) is 14.5 Å². The molecule has 0 radical (unpaired) electrons. The maximum absolute atomic E-state index is 11.7. The molecule has 0 rings (SSSR count). The first kappa shape index (κ1) is 15.9. The van der Waals surface area contributed by atoms with Crippen molar-refractivity contribution in [3.8, 4) is 0 Å². The average Bonchev–Trinajstić information content (AvgIpc) is 2.27. The smallest absolute Gasteiger partial charge is 0.319 e. The molecule has 17 heavy (non-hydrogen) atoms. The highest BCUT2D eigenvalue weighted by molar-refractivity contribution is 5.79. The zero-order valence-corrected chi connectivity index (χ0v) is 11.4. The predicted molar refractivity (Wildman–Crippen MR) is 66.6 cm³/mol. The Labute approximate surface area is 103 Å². The summed E-state index contributed by atoms with van der Waals surface area (Å²) in [5.74, 6) is -0.382. The Balaban J connectivity index is 4.25. The van der Waals surface area contributed by atoms with Crippen LogP contribution in [0.15, 0.2) is 0 Å². The molecule has 0 aromatic carbocycles. The van der Waals surface area contributed by atoms with Crippen molar-refractivity contribution in [2.75, 3.05) is 20.2 Å². The van der Waals surface area contributed by atoms with E-state index in [4.69, 9.17) is 0 Å². The van der Waals surface area contributed by atoms with E-state index in [1.807, 2.05) is 27.7 Å². The Hall–Kier alpha value is -1.10. The molecule has 1 atom stereocenters. The van der Waals surface area contributed by atoms with Crippen molar-refractivity contribution in [2.45, 2.75) is 46.2 Å². The molecule has 1 amide bonds. The first-order chi connectivity index (χ1) is 7.90. The Morgan fingerprint density at radius 2 is 1.82 bits per heavy atom. The molecule has 0 aliphatic carbocycles. The lowest BCUT2D eigenvalue weighted by molar-refractivity contribution is -0.142. The summed E-state index contributed by atoms with van der Waals surface area (Å²) in [7, 11) is 1.35. The summed E-state index contributed by atoms with van der Waals surface area (Å²) < 4.78 is 4.60. The molecule has 0 fully saturated rings. The van der Waals surface area contributed by atoms with Crippen LogP contribution in [0, 0.1) is 0 Å². The third kappa shape index (κ3) is 6.94. The molecular weight excluding hydrogens is 220 g/mol. The van der Waals surface area contributed by atoms with Crippen molar-refractivity contribution in [3.05, 3.63) is 0 Å². The van der Waals surface area contributed by atoms with Gasteiger partial charge in [-0.2, -0.15) is 0 Å². The van der Waals surface area contributed by atoms with Crippen LogP contribution < -0.4 is 5.32 Å². The molecule has 5 heteroatoms. The van der Waals surface area contributed by atoms with Crippen molar-refractivity contribution < 1.29 is 14.3 Å². The van der Waals surface area contributed by atoms with Gasteiger partial charge in [0, 0.05) is 12.1 Å². The van der Waals surface area contributed by atoms with E-state index in [9.17, 15) is 9.59 Å². The fraction of sp³-hybridized carbons (Fsp3) is 0.833. The monoisotopic (exact) mass is 244 g/mol. The van der Waals surface area contributed by atoms with E-state index in [-0.39, 0.29) is 37.0 Å². The summed E-state index contributed by atoms with van der Waals surface area (Å²) in [4.78, 5) is 24.7. The standard InChI is InChI=1S/C12H24N2O3/c1-6-10(4)13-11(15)7-14(9(2)3)8-12(16)17-5/h9-10H,6-8H2,1-5H3,(H,13,15). The number of esters is 1. The van der Waals surface area contributed by atoms with Gasteiger partial charge in [-0.1, -0.05) is 6.92 Å². The zero-order valence-electron chi connectivity index (χ0n) is 11.4. The second-order valence-electron chi connectivity index (χ2n) is 4.45. The quantitative estimate of drug-likeness (QED) is 0.673. The van der Waals surface area contributed by atoms with E-state index in [1.54, 1.807) is 4.90 Å². The molecule has 0 aliphatic heterocycles. The third-order valence-corrected chi connectivity index (χ3v) is 2.66. The van der Waals surface area contributed by atoms with Gasteiger partial charge in [-0.05, 0) is 27.2 Å². The Morgan fingerprint density at radius 1 is 1.24 bits per heavy atom. The van der Waals surface area contributed by atoms with Crippen molar-refractivity contribution in [1.82, 2.24) is 10.2 Å². The summed E-state index contributed by atoms with van der Waals surface area (Å²) >= 11 is 0. The van der Waals surface area contributed by atoms with Crippen LogP contribution in [0.25, 0.3) is 0 Å². The molecule has 5 nitrogen and oxygen atoms in total. The SMILES string of the molecule is CCC(C)NC(=O)CN(CC(=O)OC)C(C)C. The summed E-state index contributed by atoms with van der Waals surface area (Å²) in [6, 6.07) is 0.284. The minimum atomic E-state index is -0.324. The Morgan fingerprint density at radius 3 is 2.24 bits per heavy atom. The van der Waals surface area contributed by atoms with E-state index < -0.39 is 0 Å². The van der Waals surface area contributed by atoms with Gasteiger partial charge < -0.3 is 10.1 Å². The van der Waals surface area contributed by atoms with E-state index >= 15 is 0 Å². The minimum absolute atomic E-state index is 0.0584. The highest BCUT2D eigenvalue weighted by atomic mass is 16.5. The molecule has 0 aliphatic rings. The van der Waals surface area contributed by atoms with Crippen LogP contribution in [0.4, 0.5) is 0 Å². The minimum Gasteiger partial charge on any atom is -0.468 e. The summed E-state index contributed by atoms with van der Waals surface area (Å²) in [5, 5.41) is 2.87. The summed E-state index contributed by atoms with van der Waals surface area (Å²) in [6.07, 6.45) is 0.893. The number of rotatable bonds is 7. The highest BCUT2D eigenvalue weighted by Gasteiger charge is 2.18. The fourth-order valence-electron chi connectivity index (χ4n) is 1.26. The van der Waals surface area contributed by atoms with Crippen molar-refractivity contribution in [1.29, 1.82) is 0 Å². The van der Waals surface area contributed by atoms with Gasteiger partial charge in [0.25, 0.3) is 0 Å². The van der Waals surface area contributed by atoms with E-state index in [1.165, 1.54) is 7.11 Å². The van der Waals surface area contributed by atoms with Crippen LogP contribution in [0.2, 0.25) is 0 Å². The van der Waals surface area contributed by atoms with Gasteiger partial charge in [-0.15, -0.1) is 0 Å². The Kier molecular flexibility index (Phi) is 7.54. The van der Waals surface area contributed by atoms with Crippen LogP contribution in [0.5, 0.6) is 0 Å². The van der Waals surface area contributed by atoms with Crippen molar-refractivity contribution >= 4 is 11.9 Å². The fourth-order valence-corrected chi connectivity index (χ4v) is 1.26. The molecule has 0 aromatic rings. The molecule has 0 aromatic heterocycles. The van der Waals surface area contributed by atoms with Gasteiger partial charge in [0.2, 0.25) is 5.91 Å². The predicted octanol–water partition coefficient (Wildman–Crippen LogP) is 0.785. The molecule has 0 spiro atoms. The van der Waals surface area contributed by atoms with Gasteiger partial charge in [0.1, 0.15) is 0 Å². The van der Waals surface area contributed by atoms with Crippen LogP contribution >= 0.6 is 0 Å². The van der Waals surface area contributed by atoms with Gasteiger partial charge in [-0.25, -0.2) is 0 Å². The first-order valence-electron chi connectivity index (χ1n) is 6.00. The molecule has 0 bridgehead atoms. The molecular formula is C12H24N2O3. The lowest BCUT2D eigenvalue weighted by Gasteiger charge is -2.25. The maximum atomic E-state index is 11.7. The van der Waals surface area contributed by atoms with Gasteiger partial charge in [0.15, 0.2) is 0 Å². The number of methoxy groups -OCH3 is 1. The highest BCUT2D eigenvalue weighted by Crippen LogP contribution is 1.99. The van der Waals surface area contributed by atoms with Crippen LogP contribution in [0.1, 0.15) is 34.1 Å². The topological polar surface area (TPSA) is 58.6 Å². The van der Waals surface area contributed by atoms with E-state index in [0.717, 1.165) is 6.42 Å². The average molecular weight is 244 g/mol. The maximum Gasteiger partial charge on any atom is 0.319 e. The number of nitrogens with one attached hydrogen (secondary N) is 1. The molecule has 0 saturated carbocycles. The van der Waals surface area contributed by atoms with Crippen LogP contribution in [-0.4, -0.2) is 49.1 Å². The van der Waals surface area contributed by atoms with E-state index in [0.29, 0.717) is 0 Å². The second kappa shape index (κ2) is 8.06. The first-order valence-corrected chi connectivity index (χ1v) is 6.00. The van der Waals surface area contributed by atoms with Crippen LogP contribution in [0.3, 0.4) is 0 Å². The largest absolute Gasteiger partial charge is 0.468 e. The van der Waals surface area contributed by atoms with E-state index in [2.05, 4.69) is 10.1 Å². The zero-order chi connectivity index (χ0) is 13.4. The normalized spacial score (nSPS) is 12.6. The van der Waals surface area contributed by atoms with Crippen LogP contribution in [-0.2, 0) is 14.3 Å². The van der Waals surface area contributed by atoms with Crippen molar-refractivity contribution in [3.63, 3.8) is 0 Å². The van der Waals surface area contributed by atoms with Crippen molar-refractivity contribution in [2.24, 2.45) is 0 Å². The molecule has 1 unspecified atom stereocenters. The second-order valence-corrected chi connectivity index (χ2v) is 4.45. The molecule has 0 heterocycles. The molecule has 100 valence electrons. The number of carbonyl (C=O) groups excluding carboxylic acids is 2. The lowest BCUT2D eigenvalue weighted by Crippen LogP contribution is -2.45. The summed E-state index contributed by atoms with van der Waals surface area (Å²) in [6.45, 7) is 8.22. The summed E-state index contributed by atoms with van der Waals surface area (Å²) in [5.41, 5.74) is 0. The number of hydrogen-bond donors (Lipinski definition) is 1. The molecule has 1 N–H and O–H groups in total. The third-order valence-electron chi connectivity index (χ3n) is 2.66. The van der Waals surface area contributed by atoms with Gasteiger partial charge >= 0.3 is 5.97 Å². The number of amides is 1. The lowest BCUT2D eigenvalue weighted by atomic mass is 10.2. The molecule has 0 saturated heterocycles. The van der Waals surface area contributed by atoms with Gasteiger partial charge in [0.05, 0.1) is 20.2 Å².